The van der Waals surface area contributed by atoms with E-state index in [0.29, 0.717) is 18.8 Å². The number of ether oxygens (including phenoxy) is 3. The maximum atomic E-state index is 11.8. The second kappa shape index (κ2) is 5.79. The van der Waals surface area contributed by atoms with Crippen molar-refractivity contribution in [2.75, 3.05) is 13.4 Å². The summed E-state index contributed by atoms with van der Waals surface area (Å²) >= 11 is 0. The molecule has 0 spiro atoms. The molecule has 1 N–H and O–H groups in total. The van der Waals surface area contributed by atoms with E-state index in [9.17, 15) is 9.90 Å². The smallest absolute Gasteiger partial charge is 0.417 e. The molecule has 1 fully saturated rings. The predicted octanol–water partition coefficient (Wildman–Crippen LogP) is 2.83. The highest BCUT2D eigenvalue weighted by Gasteiger charge is 2.37. The molecule has 0 saturated carbocycles. The van der Waals surface area contributed by atoms with Crippen molar-refractivity contribution in [1.29, 1.82) is 0 Å². The number of amides is 1. The Morgan fingerprint density at radius 1 is 1.36 bits per heavy atom. The molecule has 0 aliphatic carbocycles. The molecule has 22 heavy (non-hydrogen) atoms. The molecule has 2 aliphatic heterocycles. The molecule has 0 bridgehead atoms. The number of hydrogen-bond donors (Lipinski definition) is 1. The van der Waals surface area contributed by atoms with Gasteiger partial charge >= 0.3 is 6.09 Å². The number of cyclic esters (lactones) is 1. The molecular weight excluding hydrogens is 286 g/mol. The normalized spacial score (nSPS) is 20.7. The quantitative estimate of drug-likeness (QED) is 0.866. The van der Waals surface area contributed by atoms with Crippen LogP contribution in [-0.2, 0) is 11.2 Å². The van der Waals surface area contributed by atoms with Gasteiger partial charge in [-0.05, 0) is 36.1 Å². The fourth-order valence-corrected chi connectivity index (χ4v) is 2.57. The predicted molar refractivity (Wildman–Crippen MR) is 78.8 cm³/mol. The summed E-state index contributed by atoms with van der Waals surface area (Å²) in [5, 5.41) is 10.2. The Bertz CT molecular complexity index is 611. The first kappa shape index (κ1) is 14.6. The lowest BCUT2D eigenvalue weighted by atomic mass is 10.0. The average molecular weight is 305 g/mol. The van der Waals surface area contributed by atoms with Gasteiger partial charge in [0.05, 0.1) is 6.04 Å². The zero-order valence-electron chi connectivity index (χ0n) is 12.6. The lowest BCUT2D eigenvalue weighted by Crippen LogP contribution is -2.36. The van der Waals surface area contributed by atoms with Crippen LogP contribution in [0.5, 0.6) is 11.5 Å². The van der Waals surface area contributed by atoms with Gasteiger partial charge in [0, 0.05) is 0 Å². The van der Waals surface area contributed by atoms with Crippen molar-refractivity contribution < 1.29 is 24.1 Å². The first-order chi connectivity index (χ1) is 10.6. The van der Waals surface area contributed by atoms with Gasteiger partial charge in [-0.3, -0.25) is 0 Å². The summed E-state index contributed by atoms with van der Waals surface area (Å²) in [6.07, 6.45) is 1.59. The summed E-state index contributed by atoms with van der Waals surface area (Å²) in [4.78, 5) is 13.1. The minimum absolute atomic E-state index is 0.0705. The van der Waals surface area contributed by atoms with Crippen molar-refractivity contribution in [2.45, 2.75) is 26.3 Å². The van der Waals surface area contributed by atoms with Crippen LogP contribution in [0.15, 0.2) is 30.2 Å². The van der Waals surface area contributed by atoms with Crippen LogP contribution in [0.2, 0.25) is 0 Å². The molecule has 6 nitrogen and oxygen atoms in total. The molecule has 0 radical (unpaired) electrons. The maximum Gasteiger partial charge on any atom is 0.417 e. The van der Waals surface area contributed by atoms with Crippen molar-refractivity contribution in [3.05, 3.63) is 35.7 Å². The van der Waals surface area contributed by atoms with Gasteiger partial charge in [0.25, 0.3) is 0 Å². The molecule has 0 aromatic heterocycles. The van der Waals surface area contributed by atoms with Crippen molar-refractivity contribution in [3.63, 3.8) is 0 Å². The number of benzene rings is 1. The largest absolute Gasteiger partial charge is 0.495 e. The molecule has 6 heteroatoms. The van der Waals surface area contributed by atoms with Gasteiger partial charge in [-0.2, -0.15) is 0 Å². The molecule has 3 rings (SSSR count). The molecular formula is C16H19NO5. The van der Waals surface area contributed by atoms with Crippen LogP contribution in [0.1, 0.15) is 19.4 Å². The molecule has 1 saturated heterocycles. The lowest BCUT2D eigenvalue weighted by molar-refractivity contribution is 0.146. The van der Waals surface area contributed by atoms with Gasteiger partial charge in [-0.15, -0.1) is 0 Å². The number of fused-ring (bicyclic) bond motifs is 1. The molecule has 1 atom stereocenters. The minimum Gasteiger partial charge on any atom is -0.495 e. The summed E-state index contributed by atoms with van der Waals surface area (Å²) in [5.41, 5.74) is 0.962. The number of allylic oxidation sites excluding steroid dienone is 1. The van der Waals surface area contributed by atoms with E-state index in [1.165, 1.54) is 4.90 Å². The first-order valence-corrected chi connectivity index (χ1v) is 7.30. The Kier molecular flexibility index (Phi) is 3.83. The van der Waals surface area contributed by atoms with E-state index in [-0.39, 0.29) is 24.6 Å². The maximum absolute atomic E-state index is 11.8. The van der Waals surface area contributed by atoms with Crippen LogP contribution >= 0.6 is 0 Å². The highest BCUT2D eigenvalue weighted by Crippen LogP contribution is 2.32. The summed E-state index contributed by atoms with van der Waals surface area (Å²) in [7, 11) is 0. The topological polar surface area (TPSA) is 68.2 Å². The van der Waals surface area contributed by atoms with Crippen molar-refractivity contribution in [1.82, 2.24) is 4.90 Å². The van der Waals surface area contributed by atoms with Crippen LogP contribution in [0.25, 0.3) is 0 Å². The van der Waals surface area contributed by atoms with E-state index >= 15 is 0 Å². The van der Waals surface area contributed by atoms with Crippen molar-refractivity contribution in [3.8, 4) is 11.5 Å². The molecule has 1 aromatic rings. The summed E-state index contributed by atoms with van der Waals surface area (Å²) in [6, 6.07) is 5.47. The molecule has 1 aromatic carbocycles. The van der Waals surface area contributed by atoms with E-state index in [4.69, 9.17) is 14.2 Å². The van der Waals surface area contributed by atoms with E-state index < -0.39 is 6.09 Å². The molecule has 1 amide bonds. The van der Waals surface area contributed by atoms with Gasteiger partial charge in [0.15, 0.2) is 17.4 Å². The summed E-state index contributed by atoms with van der Waals surface area (Å²) in [6.45, 7) is 4.52. The Balaban J connectivity index is 1.73. The highest BCUT2D eigenvalue weighted by molar-refractivity contribution is 5.72. The number of hydrogen-bond acceptors (Lipinski definition) is 5. The van der Waals surface area contributed by atoms with Gasteiger partial charge in [0.1, 0.15) is 6.61 Å². The summed E-state index contributed by atoms with van der Waals surface area (Å²) < 4.78 is 15.6. The van der Waals surface area contributed by atoms with Crippen molar-refractivity contribution in [2.24, 2.45) is 5.92 Å². The number of carbonyl (C=O) groups is 1. The van der Waals surface area contributed by atoms with E-state index in [1.54, 1.807) is 6.08 Å². The first-order valence-electron chi connectivity index (χ1n) is 7.30. The third-order valence-electron chi connectivity index (χ3n) is 3.88. The van der Waals surface area contributed by atoms with Crippen LogP contribution in [0, 0.1) is 5.92 Å². The zero-order chi connectivity index (χ0) is 15.7. The average Bonchev–Trinajstić information content (AvgIpc) is 3.10. The number of carbonyl (C=O) groups excluding carboxylic acids is 1. The number of nitrogens with zero attached hydrogens (tertiary/aromatic N) is 1. The Labute approximate surface area is 128 Å². The third-order valence-corrected chi connectivity index (χ3v) is 3.88. The Morgan fingerprint density at radius 2 is 2.14 bits per heavy atom. The van der Waals surface area contributed by atoms with E-state index in [0.717, 1.165) is 11.3 Å². The SMILES string of the molecule is CC(C)[C@H]1COC(=O)N1/C(O)=C/Cc1ccc2c(c1)OCO2. The van der Waals surface area contributed by atoms with Crippen LogP contribution < -0.4 is 9.47 Å². The van der Waals surface area contributed by atoms with Crippen LogP contribution in [0.4, 0.5) is 4.79 Å². The highest BCUT2D eigenvalue weighted by atomic mass is 16.7. The van der Waals surface area contributed by atoms with Gasteiger partial charge in [0.2, 0.25) is 6.79 Å². The van der Waals surface area contributed by atoms with E-state index in [1.807, 2.05) is 32.0 Å². The number of rotatable bonds is 4. The van der Waals surface area contributed by atoms with E-state index in [2.05, 4.69) is 0 Å². The molecule has 2 aliphatic rings. The molecule has 118 valence electrons. The zero-order valence-corrected chi connectivity index (χ0v) is 12.6. The molecule has 2 heterocycles. The summed E-state index contributed by atoms with van der Waals surface area (Å²) in [5.74, 6) is 1.55. The standard InChI is InChI=1S/C16H19NO5/c1-10(2)12-8-20-16(19)17(12)15(18)6-4-11-3-5-13-14(7-11)22-9-21-13/h3,5-7,10,12,18H,4,8-9H2,1-2H3/b15-6-/t12-/m1/s1. The van der Waals surface area contributed by atoms with Gasteiger partial charge in [-0.25, -0.2) is 9.69 Å². The third kappa shape index (κ3) is 2.68. The van der Waals surface area contributed by atoms with Gasteiger partial charge < -0.3 is 19.3 Å². The lowest BCUT2D eigenvalue weighted by Gasteiger charge is -2.23. The Hall–Kier alpha value is -2.37. The minimum atomic E-state index is -0.502. The van der Waals surface area contributed by atoms with Gasteiger partial charge in [-0.1, -0.05) is 19.9 Å². The van der Waals surface area contributed by atoms with Crippen LogP contribution in [-0.4, -0.2) is 35.5 Å². The second-order valence-corrected chi connectivity index (χ2v) is 5.71. The number of aliphatic hydroxyl groups excluding tert-OH is 1. The second-order valence-electron chi connectivity index (χ2n) is 5.71. The number of aliphatic hydroxyl groups is 1. The Morgan fingerprint density at radius 3 is 2.91 bits per heavy atom. The molecule has 0 unspecified atom stereocenters. The van der Waals surface area contributed by atoms with Crippen LogP contribution in [0.3, 0.4) is 0 Å². The fraction of sp³-hybridized carbons (Fsp3) is 0.438. The monoisotopic (exact) mass is 305 g/mol. The fourth-order valence-electron chi connectivity index (χ4n) is 2.57. The van der Waals surface area contributed by atoms with Crippen molar-refractivity contribution >= 4 is 6.09 Å².